The Labute approximate surface area is 160 Å². The molecule has 8 heteroatoms. The summed E-state index contributed by atoms with van der Waals surface area (Å²) in [6.45, 7) is 1.97. The van der Waals surface area contributed by atoms with Gasteiger partial charge in [-0.1, -0.05) is 12.1 Å². The first-order valence-electron chi connectivity index (χ1n) is 8.20. The molecule has 0 saturated carbocycles. The number of nitrogens with two attached hydrogens (primary N) is 1. The summed E-state index contributed by atoms with van der Waals surface area (Å²) in [4.78, 5) is 12.9. The lowest BCUT2D eigenvalue weighted by atomic mass is 10.1. The van der Waals surface area contributed by atoms with Crippen LogP contribution in [-0.4, -0.2) is 24.6 Å². The highest BCUT2D eigenvalue weighted by molar-refractivity contribution is 7.81. The van der Waals surface area contributed by atoms with Crippen LogP contribution < -0.4 is 9.88 Å². The zero-order chi connectivity index (χ0) is 18.4. The van der Waals surface area contributed by atoms with Gasteiger partial charge in [-0.05, 0) is 48.2 Å². The first kappa shape index (κ1) is 20.6. The highest BCUT2D eigenvalue weighted by Gasteiger charge is 2.04. The first-order chi connectivity index (χ1) is 12.6. The number of aromatic nitrogens is 3. The van der Waals surface area contributed by atoms with Gasteiger partial charge in [0.2, 0.25) is 5.88 Å². The minimum Gasteiger partial charge on any atom is -0.439 e. The van der Waals surface area contributed by atoms with E-state index in [-0.39, 0.29) is 5.48 Å². The molecule has 0 spiro atoms. The van der Waals surface area contributed by atoms with E-state index in [1.54, 1.807) is 6.20 Å². The molecule has 142 valence electrons. The maximum atomic E-state index is 11.0. The highest BCUT2D eigenvalue weighted by atomic mass is 32.2. The molecule has 2 aromatic heterocycles. The standard InChI is InChI=1S/C19H20N4O2S.H2O/c1-14-11-22-18(23-12-14)7-4-15-8-9-21-19(10-15)25-17-5-2-16(3-6-17)13-26(20)24;/h2-3,5-6,8-12H,4,7,13,20H2,1H3;1H2. The third-order valence-electron chi connectivity index (χ3n) is 3.73. The molecule has 7 nitrogen and oxygen atoms in total. The lowest BCUT2D eigenvalue weighted by Gasteiger charge is -2.07. The number of pyridine rings is 1. The second-order valence-electron chi connectivity index (χ2n) is 5.95. The Balaban J connectivity index is 0.00000261. The Morgan fingerprint density at radius 2 is 1.70 bits per heavy atom. The number of nitrogens with zero attached hydrogens (tertiary/aromatic N) is 3. The quantitative estimate of drug-likeness (QED) is 0.666. The summed E-state index contributed by atoms with van der Waals surface area (Å²) in [6.07, 6.45) is 6.95. The van der Waals surface area contributed by atoms with Crippen LogP contribution in [0.15, 0.2) is 55.0 Å². The van der Waals surface area contributed by atoms with Gasteiger partial charge in [0.1, 0.15) is 11.6 Å². The second kappa shape index (κ2) is 9.86. The van der Waals surface area contributed by atoms with E-state index in [9.17, 15) is 4.21 Å². The zero-order valence-corrected chi connectivity index (χ0v) is 15.8. The lowest BCUT2D eigenvalue weighted by molar-refractivity contribution is 0.462. The van der Waals surface area contributed by atoms with Crippen molar-refractivity contribution in [3.63, 3.8) is 0 Å². The molecule has 27 heavy (non-hydrogen) atoms. The number of hydrogen-bond donors (Lipinski definition) is 1. The van der Waals surface area contributed by atoms with Crippen LogP contribution in [0.1, 0.15) is 22.5 Å². The molecule has 2 heterocycles. The summed E-state index contributed by atoms with van der Waals surface area (Å²) in [5, 5.41) is 5.30. The first-order valence-corrected chi connectivity index (χ1v) is 9.59. The summed E-state index contributed by atoms with van der Waals surface area (Å²) in [7, 11) is -1.35. The predicted molar refractivity (Wildman–Crippen MR) is 105 cm³/mol. The van der Waals surface area contributed by atoms with E-state index in [0.29, 0.717) is 17.4 Å². The van der Waals surface area contributed by atoms with Gasteiger partial charge in [-0.25, -0.2) is 19.2 Å². The Hall–Kier alpha value is -2.68. The molecule has 1 aromatic carbocycles. The van der Waals surface area contributed by atoms with Gasteiger partial charge in [0.25, 0.3) is 0 Å². The summed E-state index contributed by atoms with van der Waals surface area (Å²) >= 11 is 0. The molecule has 1 atom stereocenters. The van der Waals surface area contributed by atoms with Crippen molar-refractivity contribution in [1.82, 2.24) is 15.0 Å². The summed E-state index contributed by atoms with van der Waals surface area (Å²) in [6, 6.07) is 11.2. The molecule has 0 aliphatic carbocycles. The maximum absolute atomic E-state index is 11.0. The third kappa shape index (κ3) is 6.52. The fraction of sp³-hybridized carbons (Fsp3) is 0.211. The number of benzene rings is 1. The minimum atomic E-state index is -1.35. The minimum absolute atomic E-state index is 0. The van der Waals surface area contributed by atoms with Gasteiger partial charge in [-0.15, -0.1) is 0 Å². The van der Waals surface area contributed by atoms with Crippen LogP contribution in [0.5, 0.6) is 11.6 Å². The second-order valence-corrected chi connectivity index (χ2v) is 7.00. The van der Waals surface area contributed by atoms with Crippen molar-refractivity contribution in [3.05, 3.63) is 77.5 Å². The van der Waals surface area contributed by atoms with Gasteiger partial charge >= 0.3 is 0 Å². The Morgan fingerprint density at radius 3 is 2.37 bits per heavy atom. The van der Waals surface area contributed by atoms with Crippen molar-refractivity contribution >= 4 is 11.0 Å². The summed E-state index contributed by atoms with van der Waals surface area (Å²) in [5.41, 5.74) is 3.06. The normalized spacial score (nSPS) is 11.5. The van der Waals surface area contributed by atoms with Crippen LogP contribution in [0, 0.1) is 6.92 Å². The summed E-state index contributed by atoms with van der Waals surface area (Å²) in [5.74, 6) is 2.35. The third-order valence-corrected chi connectivity index (χ3v) is 4.34. The monoisotopic (exact) mass is 386 g/mol. The highest BCUT2D eigenvalue weighted by Crippen LogP contribution is 2.21. The summed E-state index contributed by atoms with van der Waals surface area (Å²) < 4.78 is 16.8. The number of rotatable bonds is 7. The van der Waals surface area contributed by atoms with E-state index in [2.05, 4.69) is 15.0 Å². The Morgan fingerprint density at radius 1 is 1.00 bits per heavy atom. The van der Waals surface area contributed by atoms with Crippen LogP contribution >= 0.6 is 0 Å². The van der Waals surface area contributed by atoms with E-state index in [1.165, 1.54) is 0 Å². The predicted octanol–water partition coefficient (Wildman–Crippen LogP) is 2.06. The van der Waals surface area contributed by atoms with E-state index in [0.717, 1.165) is 35.4 Å². The molecule has 0 amide bonds. The Bertz CT molecular complexity index is 886. The average Bonchev–Trinajstić information content (AvgIpc) is 2.63. The van der Waals surface area contributed by atoms with Crippen molar-refractivity contribution < 1.29 is 14.4 Å². The van der Waals surface area contributed by atoms with Crippen molar-refractivity contribution in [1.29, 1.82) is 0 Å². The maximum Gasteiger partial charge on any atom is 0.219 e. The van der Waals surface area contributed by atoms with E-state index in [1.807, 2.05) is 55.7 Å². The molecule has 0 radical (unpaired) electrons. The molecule has 0 fully saturated rings. The molecule has 0 bridgehead atoms. The van der Waals surface area contributed by atoms with Gasteiger partial charge in [0.15, 0.2) is 0 Å². The Kier molecular flexibility index (Phi) is 7.54. The molecule has 0 aliphatic heterocycles. The van der Waals surface area contributed by atoms with Crippen molar-refractivity contribution in [2.24, 2.45) is 5.14 Å². The topological polar surface area (TPSA) is 122 Å². The molecule has 0 saturated heterocycles. The number of hydrogen-bond acceptors (Lipinski definition) is 5. The number of ether oxygens (including phenoxy) is 1. The lowest BCUT2D eigenvalue weighted by Crippen LogP contribution is -2.05. The van der Waals surface area contributed by atoms with E-state index >= 15 is 0 Å². The molecule has 0 aliphatic rings. The van der Waals surface area contributed by atoms with Crippen LogP contribution in [-0.2, 0) is 29.6 Å². The van der Waals surface area contributed by atoms with Gasteiger partial charge in [0.05, 0.1) is 16.7 Å². The molecule has 3 aromatic rings. The van der Waals surface area contributed by atoms with Crippen molar-refractivity contribution in [2.75, 3.05) is 0 Å². The fourth-order valence-electron chi connectivity index (χ4n) is 2.41. The fourth-order valence-corrected chi connectivity index (χ4v) is 2.93. The van der Waals surface area contributed by atoms with Crippen LogP contribution in [0.3, 0.4) is 0 Å². The smallest absolute Gasteiger partial charge is 0.219 e. The van der Waals surface area contributed by atoms with E-state index < -0.39 is 11.0 Å². The van der Waals surface area contributed by atoms with Gasteiger partial charge in [-0.2, -0.15) is 0 Å². The molecule has 4 N–H and O–H groups in total. The molecule has 1 unspecified atom stereocenters. The number of aryl methyl sites for hydroxylation is 3. The SMILES string of the molecule is Cc1cnc(CCc2ccnc(Oc3ccc(CS(N)=O)cc3)c2)nc1.O. The van der Waals surface area contributed by atoms with Crippen LogP contribution in [0.25, 0.3) is 0 Å². The largest absolute Gasteiger partial charge is 0.439 e. The van der Waals surface area contributed by atoms with Crippen molar-refractivity contribution in [2.45, 2.75) is 25.5 Å². The van der Waals surface area contributed by atoms with E-state index in [4.69, 9.17) is 9.88 Å². The van der Waals surface area contributed by atoms with Crippen molar-refractivity contribution in [3.8, 4) is 11.6 Å². The molecular weight excluding hydrogens is 364 g/mol. The van der Waals surface area contributed by atoms with Gasteiger partial charge in [-0.3, -0.25) is 5.14 Å². The molecular formula is C19H22N4O3S. The zero-order valence-electron chi connectivity index (χ0n) is 15.0. The van der Waals surface area contributed by atoms with Crippen LogP contribution in [0.4, 0.5) is 0 Å². The average molecular weight is 386 g/mol. The molecule has 3 rings (SSSR count). The van der Waals surface area contributed by atoms with Gasteiger partial charge in [0, 0.05) is 31.1 Å². The van der Waals surface area contributed by atoms with Crippen LogP contribution in [0.2, 0.25) is 0 Å². The van der Waals surface area contributed by atoms with Gasteiger partial charge < -0.3 is 10.2 Å².